The van der Waals surface area contributed by atoms with E-state index in [4.69, 9.17) is 0 Å². The smallest absolute Gasteiger partial charge is 0.311 e. The zero-order valence-electron chi connectivity index (χ0n) is 12.1. The van der Waals surface area contributed by atoms with E-state index in [9.17, 15) is 9.59 Å². The van der Waals surface area contributed by atoms with Crippen molar-refractivity contribution in [2.24, 2.45) is 0 Å². The van der Waals surface area contributed by atoms with E-state index in [2.05, 4.69) is 28.9 Å². The summed E-state index contributed by atoms with van der Waals surface area (Å²) in [7, 11) is 0. The van der Waals surface area contributed by atoms with Gasteiger partial charge < -0.3 is 10.2 Å². The quantitative estimate of drug-likeness (QED) is 0.653. The fourth-order valence-corrected chi connectivity index (χ4v) is 2.33. The number of piperazine rings is 1. The Hall–Kier alpha value is -2.14. The van der Waals surface area contributed by atoms with Crippen molar-refractivity contribution in [2.45, 2.75) is 6.54 Å². The lowest BCUT2D eigenvalue weighted by Gasteiger charge is -2.34. The predicted octanol–water partition coefficient (Wildman–Crippen LogP) is 0.633. The molecule has 1 N–H and O–H groups in total. The average molecular weight is 287 g/mol. The maximum atomic E-state index is 11.9. The number of nitrogens with zero attached hydrogens (tertiary/aromatic N) is 2. The Morgan fingerprint density at radius 2 is 1.81 bits per heavy atom. The van der Waals surface area contributed by atoms with Gasteiger partial charge in [-0.15, -0.1) is 6.58 Å². The van der Waals surface area contributed by atoms with Gasteiger partial charge in [-0.05, 0) is 5.56 Å². The van der Waals surface area contributed by atoms with Gasteiger partial charge in [0, 0.05) is 39.3 Å². The topological polar surface area (TPSA) is 52.7 Å². The fraction of sp³-hybridized carbons (Fsp3) is 0.375. The molecule has 2 rings (SSSR count). The highest BCUT2D eigenvalue weighted by Gasteiger charge is 2.25. The third-order valence-corrected chi connectivity index (χ3v) is 3.51. The summed E-state index contributed by atoms with van der Waals surface area (Å²) in [4.78, 5) is 27.4. The highest BCUT2D eigenvalue weighted by molar-refractivity contribution is 6.35. The van der Waals surface area contributed by atoms with Crippen LogP contribution in [0.25, 0.3) is 0 Å². The molecule has 0 saturated carbocycles. The van der Waals surface area contributed by atoms with Gasteiger partial charge in [0.05, 0.1) is 0 Å². The maximum Gasteiger partial charge on any atom is 0.311 e. The van der Waals surface area contributed by atoms with E-state index in [1.54, 1.807) is 11.0 Å². The van der Waals surface area contributed by atoms with Crippen LogP contribution in [0.5, 0.6) is 0 Å². The van der Waals surface area contributed by atoms with Crippen LogP contribution in [-0.4, -0.2) is 54.3 Å². The Labute approximate surface area is 125 Å². The molecule has 5 nitrogen and oxygen atoms in total. The lowest BCUT2D eigenvalue weighted by molar-refractivity contribution is -0.146. The number of nitrogens with one attached hydrogen (secondary N) is 1. The minimum Gasteiger partial charge on any atom is -0.344 e. The van der Waals surface area contributed by atoms with Crippen LogP contribution in [0.3, 0.4) is 0 Å². The minimum absolute atomic E-state index is 0.318. The third kappa shape index (κ3) is 4.43. The van der Waals surface area contributed by atoms with E-state index < -0.39 is 11.8 Å². The molecule has 1 aliphatic rings. The second kappa shape index (κ2) is 7.59. The SMILES string of the molecule is C=CCNC(=O)C(=O)N1CCN(Cc2ccccc2)CC1. The standard InChI is InChI=1S/C16H21N3O2/c1-2-8-17-15(20)16(21)19-11-9-18(10-12-19)13-14-6-4-3-5-7-14/h2-7H,1,8-13H2,(H,17,20). The Balaban J connectivity index is 1.79. The van der Waals surface area contributed by atoms with Crippen LogP contribution >= 0.6 is 0 Å². The number of carbonyl (C=O) groups is 2. The molecule has 0 bridgehead atoms. The van der Waals surface area contributed by atoms with Crippen molar-refractivity contribution in [1.82, 2.24) is 15.1 Å². The first kappa shape index (κ1) is 15.3. The van der Waals surface area contributed by atoms with E-state index in [1.165, 1.54) is 5.56 Å². The van der Waals surface area contributed by atoms with Gasteiger partial charge in [-0.2, -0.15) is 0 Å². The van der Waals surface area contributed by atoms with Gasteiger partial charge in [-0.25, -0.2) is 0 Å². The average Bonchev–Trinajstić information content (AvgIpc) is 2.53. The highest BCUT2D eigenvalue weighted by atomic mass is 16.2. The Bertz CT molecular complexity index is 494. The van der Waals surface area contributed by atoms with Crippen LogP contribution in [0.15, 0.2) is 43.0 Å². The molecule has 112 valence electrons. The van der Waals surface area contributed by atoms with Gasteiger partial charge in [-0.1, -0.05) is 36.4 Å². The third-order valence-electron chi connectivity index (χ3n) is 3.51. The van der Waals surface area contributed by atoms with Crippen molar-refractivity contribution in [3.8, 4) is 0 Å². The van der Waals surface area contributed by atoms with E-state index in [-0.39, 0.29) is 0 Å². The molecule has 1 fully saturated rings. The fourth-order valence-electron chi connectivity index (χ4n) is 2.33. The monoisotopic (exact) mass is 287 g/mol. The molecule has 0 aromatic heterocycles. The van der Waals surface area contributed by atoms with E-state index >= 15 is 0 Å². The Kier molecular flexibility index (Phi) is 5.51. The zero-order valence-corrected chi connectivity index (χ0v) is 12.1. The van der Waals surface area contributed by atoms with Crippen LogP contribution < -0.4 is 5.32 Å². The maximum absolute atomic E-state index is 11.9. The number of hydrogen-bond acceptors (Lipinski definition) is 3. The molecule has 1 aromatic rings. The summed E-state index contributed by atoms with van der Waals surface area (Å²) in [6, 6.07) is 10.3. The first-order valence-corrected chi connectivity index (χ1v) is 7.15. The molecule has 0 aliphatic carbocycles. The van der Waals surface area contributed by atoms with Crippen LogP contribution in [-0.2, 0) is 16.1 Å². The molecule has 0 radical (unpaired) electrons. The molecule has 5 heteroatoms. The van der Waals surface area contributed by atoms with E-state index in [1.807, 2.05) is 18.2 Å². The summed E-state index contributed by atoms with van der Waals surface area (Å²) < 4.78 is 0. The van der Waals surface area contributed by atoms with Crippen molar-refractivity contribution in [1.29, 1.82) is 0 Å². The van der Waals surface area contributed by atoms with Gasteiger partial charge in [0.1, 0.15) is 0 Å². The highest BCUT2D eigenvalue weighted by Crippen LogP contribution is 2.08. The van der Waals surface area contributed by atoms with Crippen LogP contribution in [0.2, 0.25) is 0 Å². The summed E-state index contributed by atoms with van der Waals surface area (Å²) in [5.74, 6) is -0.998. The molecule has 1 saturated heterocycles. The van der Waals surface area contributed by atoms with Crippen molar-refractivity contribution in [3.63, 3.8) is 0 Å². The summed E-state index contributed by atoms with van der Waals surface area (Å²) >= 11 is 0. The molecule has 2 amide bonds. The zero-order chi connectivity index (χ0) is 15.1. The summed E-state index contributed by atoms with van der Waals surface area (Å²) in [6.45, 7) is 7.46. The van der Waals surface area contributed by atoms with Crippen molar-refractivity contribution in [3.05, 3.63) is 48.6 Å². The van der Waals surface area contributed by atoms with Crippen molar-refractivity contribution in [2.75, 3.05) is 32.7 Å². The van der Waals surface area contributed by atoms with E-state index in [0.717, 1.165) is 19.6 Å². The molecule has 0 spiro atoms. The summed E-state index contributed by atoms with van der Waals surface area (Å²) in [5.41, 5.74) is 1.26. The lowest BCUT2D eigenvalue weighted by atomic mass is 10.2. The molecule has 0 unspecified atom stereocenters. The summed E-state index contributed by atoms with van der Waals surface area (Å²) in [5, 5.41) is 2.52. The predicted molar refractivity (Wildman–Crippen MR) is 81.5 cm³/mol. The van der Waals surface area contributed by atoms with Crippen molar-refractivity contribution < 1.29 is 9.59 Å². The van der Waals surface area contributed by atoms with Gasteiger partial charge >= 0.3 is 11.8 Å². The molecular weight excluding hydrogens is 266 g/mol. The van der Waals surface area contributed by atoms with Gasteiger partial charge in [0.2, 0.25) is 0 Å². The number of carbonyl (C=O) groups excluding carboxylic acids is 2. The largest absolute Gasteiger partial charge is 0.344 e. The lowest BCUT2D eigenvalue weighted by Crippen LogP contribution is -2.52. The molecule has 1 heterocycles. The molecule has 21 heavy (non-hydrogen) atoms. The first-order valence-electron chi connectivity index (χ1n) is 7.15. The number of amides is 2. The van der Waals surface area contributed by atoms with E-state index in [0.29, 0.717) is 19.6 Å². The van der Waals surface area contributed by atoms with Gasteiger partial charge in [0.15, 0.2) is 0 Å². The van der Waals surface area contributed by atoms with Crippen molar-refractivity contribution >= 4 is 11.8 Å². The first-order chi connectivity index (χ1) is 10.2. The molecule has 0 atom stereocenters. The minimum atomic E-state index is -0.550. The number of hydrogen-bond donors (Lipinski definition) is 1. The second-order valence-corrected chi connectivity index (χ2v) is 5.05. The Morgan fingerprint density at radius 1 is 1.14 bits per heavy atom. The van der Waals surface area contributed by atoms with Crippen LogP contribution in [0.1, 0.15) is 5.56 Å². The summed E-state index contributed by atoms with van der Waals surface area (Å²) in [6.07, 6.45) is 1.56. The number of benzene rings is 1. The normalized spacial score (nSPS) is 15.5. The Morgan fingerprint density at radius 3 is 2.43 bits per heavy atom. The molecule has 1 aromatic carbocycles. The number of rotatable bonds is 4. The van der Waals surface area contributed by atoms with Crippen LogP contribution in [0, 0.1) is 0 Å². The van der Waals surface area contributed by atoms with Gasteiger partial charge in [0.25, 0.3) is 0 Å². The molecule has 1 aliphatic heterocycles. The van der Waals surface area contributed by atoms with Gasteiger partial charge in [-0.3, -0.25) is 14.5 Å². The molecular formula is C16H21N3O2. The van der Waals surface area contributed by atoms with Crippen LogP contribution in [0.4, 0.5) is 0 Å². The second-order valence-electron chi connectivity index (χ2n) is 5.05.